The molecular formula is C16H23NO2. The van der Waals surface area contributed by atoms with E-state index in [1.54, 1.807) is 12.1 Å². The smallest absolute Gasteiger partial charge is 0.338 e. The highest BCUT2D eigenvalue weighted by Crippen LogP contribution is 2.29. The highest BCUT2D eigenvalue weighted by molar-refractivity contribution is 5.92. The van der Waals surface area contributed by atoms with E-state index in [1.807, 2.05) is 13.0 Å². The molecule has 1 aromatic carbocycles. The second kappa shape index (κ2) is 6.09. The van der Waals surface area contributed by atoms with E-state index < -0.39 is 0 Å². The lowest BCUT2D eigenvalue weighted by Gasteiger charge is -2.27. The number of aryl methyl sites for hydroxylation is 1. The molecule has 0 aliphatic heterocycles. The summed E-state index contributed by atoms with van der Waals surface area (Å²) in [5.74, 6) is 0.578. The van der Waals surface area contributed by atoms with Crippen LogP contribution in [0.15, 0.2) is 18.2 Å². The fourth-order valence-corrected chi connectivity index (χ4v) is 2.73. The van der Waals surface area contributed by atoms with Crippen molar-refractivity contribution in [3.05, 3.63) is 29.3 Å². The normalized spacial score (nSPS) is 23.1. The Kier molecular flexibility index (Phi) is 4.46. The maximum absolute atomic E-state index is 12.2. The molecular weight excluding hydrogens is 238 g/mol. The van der Waals surface area contributed by atoms with Crippen LogP contribution in [0.1, 0.15) is 54.9 Å². The SMILES string of the molecule is CCC1CCC(OC(=O)c2cc(N)ccc2C)CC1. The molecule has 0 atom stereocenters. The van der Waals surface area contributed by atoms with Crippen LogP contribution < -0.4 is 5.73 Å². The molecule has 3 heteroatoms. The number of carbonyl (C=O) groups is 1. The maximum Gasteiger partial charge on any atom is 0.338 e. The number of rotatable bonds is 3. The van der Waals surface area contributed by atoms with Crippen LogP contribution in [0.5, 0.6) is 0 Å². The fraction of sp³-hybridized carbons (Fsp3) is 0.562. The summed E-state index contributed by atoms with van der Waals surface area (Å²) < 4.78 is 5.61. The molecule has 3 nitrogen and oxygen atoms in total. The lowest BCUT2D eigenvalue weighted by molar-refractivity contribution is 0.0163. The zero-order valence-electron chi connectivity index (χ0n) is 11.8. The summed E-state index contributed by atoms with van der Waals surface area (Å²) in [6, 6.07) is 5.37. The summed E-state index contributed by atoms with van der Waals surface area (Å²) in [6.07, 6.45) is 5.64. The van der Waals surface area contributed by atoms with E-state index in [-0.39, 0.29) is 12.1 Å². The zero-order chi connectivity index (χ0) is 13.8. The highest BCUT2D eigenvalue weighted by Gasteiger charge is 2.23. The molecule has 0 amide bonds. The predicted octanol–water partition coefficient (Wildman–Crippen LogP) is 3.70. The Hall–Kier alpha value is -1.51. The van der Waals surface area contributed by atoms with E-state index in [2.05, 4.69) is 6.92 Å². The molecule has 0 heterocycles. The number of esters is 1. The van der Waals surface area contributed by atoms with Gasteiger partial charge in [-0.1, -0.05) is 19.4 Å². The van der Waals surface area contributed by atoms with Crippen molar-refractivity contribution in [3.8, 4) is 0 Å². The minimum Gasteiger partial charge on any atom is -0.459 e. The van der Waals surface area contributed by atoms with E-state index >= 15 is 0 Å². The topological polar surface area (TPSA) is 52.3 Å². The summed E-state index contributed by atoms with van der Waals surface area (Å²) in [7, 11) is 0. The van der Waals surface area contributed by atoms with Crippen molar-refractivity contribution >= 4 is 11.7 Å². The molecule has 0 spiro atoms. The Balaban J connectivity index is 1.96. The van der Waals surface area contributed by atoms with E-state index in [0.29, 0.717) is 11.3 Å². The molecule has 0 saturated heterocycles. The van der Waals surface area contributed by atoms with Crippen LogP contribution in [-0.4, -0.2) is 12.1 Å². The molecule has 0 aromatic heterocycles. The minimum absolute atomic E-state index is 0.0798. The number of carbonyl (C=O) groups excluding carboxylic acids is 1. The third-order valence-electron chi connectivity index (χ3n) is 4.13. The van der Waals surface area contributed by atoms with Gasteiger partial charge in [-0.15, -0.1) is 0 Å². The lowest BCUT2D eigenvalue weighted by atomic mass is 9.86. The Morgan fingerprint density at radius 3 is 2.63 bits per heavy atom. The third kappa shape index (κ3) is 3.49. The first kappa shape index (κ1) is 13.9. The van der Waals surface area contributed by atoms with Gasteiger partial charge in [-0.25, -0.2) is 4.79 Å². The molecule has 0 unspecified atom stereocenters. The van der Waals surface area contributed by atoms with Crippen molar-refractivity contribution in [2.75, 3.05) is 5.73 Å². The Morgan fingerprint density at radius 2 is 2.00 bits per heavy atom. The van der Waals surface area contributed by atoms with Gasteiger partial charge in [0.15, 0.2) is 0 Å². The first-order valence-corrected chi connectivity index (χ1v) is 7.17. The summed E-state index contributed by atoms with van der Waals surface area (Å²) in [4.78, 5) is 12.2. The first-order valence-electron chi connectivity index (χ1n) is 7.17. The molecule has 19 heavy (non-hydrogen) atoms. The van der Waals surface area contributed by atoms with Gasteiger partial charge in [0.05, 0.1) is 5.56 Å². The quantitative estimate of drug-likeness (QED) is 0.666. The van der Waals surface area contributed by atoms with Gasteiger partial charge in [-0.05, 0) is 56.2 Å². The third-order valence-corrected chi connectivity index (χ3v) is 4.13. The summed E-state index contributed by atoms with van der Waals surface area (Å²) >= 11 is 0. The second-order valence-electron chi connectivity index (χ2n) is 5.53. The lowest BCUT2D eigenvalue weighted by Crippen LogP contribution is -2.24. The van der Waals surface area contributed by atoms with Crippen LogP contribution in [0.25, 0.3) is 0 Å². The van der Waals surface area contributed by atoms with E-state index in [1.165, 1.54) is 19.3 Å². The van der Waals surface area contributed by atoms with Crippen molar-refractivity contribution in [1.82, 2.24) is 0 Å². The van der Waals surface area contributed by atoms with Crippen LogP contribution in [0.3, 0.4) is 0 Å². The van der Waals surface area contributed by atoms with Crippen molar-refractivity contribution in [2.45, 2.75) is 52.1 Å². The fourth-order valence-electron chi connectivity index (χ4n) is 2.73. The molecule has 1 saturated carbocycles. The standard InChI is InChI=1S/C16H23NO2/c1-3-12-5-8-14(9-6-12)19-16(18)15-10-13(17)7-4-11(15)2/h4,7,10,12,14H,3,5-6,8-9,17H2,1-2H3. The number of hydrogen-bond acceptors (Lipinski definition) is 3. The molecule has 1 fully saturated rings. The molecule has 2 N–H and O–H groups in total. The molecule has 1 aliphatic carbocycles. The molecule has 1 aromatic rings. The predicted molar refractivity (Wildman–Crippen MR) is 77.0 cm³/mol. The van der Waals surface area contributed by atoms with Gasteiger partial charge in [-0.2, -0.15) is 0 Å². The number of nitrogen functional groups attached to an aromatic ring is 1. The average molecular weight is 261 g/mol. The van der Waals surface area contributed by atoms with Gasteiger partial charge >= 0.3 is 5.97 Å². The van der Waals surface area contributed by atoms with E-state index in [4.69, 9.17) is 10.5 Å². The molecule has 0 bridgehead atoms. The Labute approximate surface area is 115 Å². The van der Waals surface area contributed by atoms with Crippen molar-refractivity contribution in [3.63, 3.8) is 0 Å². The van der Waals surface area contributed by atoms with Crippen LogP contribution in [-0.2, 0) is 4.74 Å². The largest absolute Gasteiger partial charge is 0.459 e. The molecule has 104 valence electrons. The monoisotopic (exact) mass is 261 g/mol. The van der Waals surface area contributed by atoms with Crippen LogP contribution >= 0.6 is 0 Å². The van der Waals surface area contributed by atoms with Gasteiger partial charge < -0.3 is 10.5 Å². The van der Waals surface area contributed by atoms with Crippen LogP contribution in [0.4, 0.5) is 5.69 Å². The second-order valence-corrected chi connectivity index (χ2v) is 5.53. The van der Waals surface area contributed by atoms with E-state index in [0.717, 1.165) is 24.3 Å². The van der Waals surface area contributed by atoms with Gasteiger partial charge in [0.25, 0.3) is 0 Å². The minimum atomic E-state index is -0.232. The maximum atomic E-state index is 12.2. The van der Waals surface area contributed by atoms with Gasteiger partial charge in [0, 0.05) is 5.69 Å². The van der Waals surface area contributed by atoms with Crippen molar-refractivity contribution < 1.29 is 9.53 Å². The Morgan fingerprint density at radius 1 is 1.32 bits per heavy atom. The first-order chi connectivity index (χ1) is 9.10. The highest BCUT2D eigenvalue weighted by atomic mass is 16.5. The number of benzene rings is 1. The Bertz CT molecular complexity index is 448. The molecule has 2 rings (SSSR count). The number of nitrogens with two attached hydrogens (primary N) is 1. The number of anilines is 1. The summed E-state index contributed by atoms with van der Waals surface area (Å²) in [5.41, 5.74) is 7.84. The van der Waals surface area contributed by atoms with E-state index in [9.17, 15) is 4.79 Å². The molecule has 0 radical (unpaired) electrons. The van der Waals surface area contributed by atoms with Crippen molar-refractivity contribution in [1.29, 1.82) is 0 Å². The van der Waals surface area contributed by atoms with Gasteiger partial charge in [0.1, 0.15) is 6.10 Å². The molecule has 1 aliphatic rings. The van der Waals surface area contributed by atoms with Gasteiger partial charge in [-0.3, -0.25) is 0 Å². The van der Waals surface area contributed by atoms with Crippen LogP contribution in [0.2, 0.25) is 0 Å². The zero-order valence-corrected chi connectivity index (χ0v) is 11.8. The number of ether oxygens (including phenoxy) is 1. The summed E-state index contributed by atoms with van der Waals surface area (Å²) in [5, 5.41) is 0. The van der Waals surface area contributed by atoms with Crippen molar-refractivity contribution in [2.24, 2.45) is 5.92 Å². The average Bonchev–Trinajstić information content (AvgIpc) is 2.42. The number of hydrogen-bond donors (Lipinski definition) is 1. The van der Waals surface area contributed by atoms with Gasteiger partial charge in [0.2, 0.25) is 0 Å². The summed E-state index contributed by atoms with van der Waals surface area (Å²) in [6.45, 7) is 4.14. The van der Waals surface area contributed by atoms with Crippen LogP contribution in [0, 0.1) is 12.8 Å².